The fourth-order valence-electron chi connectivity index (χ4n) is 2.67. The van der Waals surface area contributed by atoms with E-state index in [0.717, 1.165) is 12.3 Å². The average Bonchev–Trinajstić information content (AvgIpc) is 2.56. The van der Waals surface area contributed by atoms with Crippen LogP contribution in [0.4, 0.5) is 8.78 Å². The Morgan fingerprint density at radius 1 is 1.28 bits per heavy atom. The monoisotopic (exact) mass is 353 g/mol. The molecule has 123 valence electrons. The number of rotatable bonds is 3. The molecule has 3 aromatic rings. The van der Waals surface area contributed by atoms with Crippen molar-refractivity contribution in [3.05, 3.63) is 64.2 Å². The van der Waals surface area contributed by atoms with Crippen LogP contribution in [0.5, 0.6) is 0 Å². The minimum Gasteiger partial charge on any atom is -0.477 e. The molecule has 0 aliphatic heterocycles. The van der Waals surface area contributed by atoms with E-state index in [1.807, 2.05) is 0 Å². The summed E-state index contributed by atoms with van der Waals surface area (Å²) in [6, 6.07) is 3.79. The molecule has 1 N–H and O–H groups in total. The molecule has 1 aromatic carbocycles. The summed E-state index contributed by atoms with van der Waals surface area (Å²) < 4.78 is 30.8. The average molecular weight is 353 g/mol. The Bertz CT molecular complexity index is 1020. The van der Waals surface area contributed by atoms with Gasteiger partial charge in [0.15, 0.2) is 5.82 Å². The third-order valence-corrected chi connectivity index (χ3v) is 3.79. The predicted molar refractivity (Wildman–Crippen MR) is 89.7 cm³/mol. The normalized spacial score (nSPS) is 10.5. The second-order valence-electron chi connectivity index (χ2n) is 5.14. The fourth-order valence-corrected chi connectivity index (χ4v) is 2.67. The summed E-state index contributed by atoms with van der Waals surface area (Å²) in [7, 11) is 0. The van der Waals surface area contributed by atoms with Gasteiger partial charge in [-0.3, -0.25) is 9.78 Å². The second kappa shape index (κ2) is 7.43. The Labute approximate surface area is 163 Å². The third-order valence-electron chi connectivity index (χ3n) is 3.79. The van der Waals surface area contributed by atoms with Gasteiger partial charge in [-0.15, -0.1) is 0 Å². The molecular weight excluding hydrogens is 341 g/mol. The summed E-state index contributed by atoms with van der Waals surface area (Å²) in [6.45, 7) is 1.89. The molecule has 1 radical (unpaired) electrons. The van der Waals surface area contributed by atoms with Gasteiger partial charge in [0.25, 0.3) is 0 Å². The van der Waals surface area contributed by atoms with E-state index < -0.39 is 28.6 Å². The molecule has 0 amide bonds. The molecule has 0 saturated heterocycles. The van der Waals surface area contributed by atoms with E-state index >= 15 is 4.39 Å². The minimum atomic E-state index is -1.44. The number of aromatic nitrogens is 2. The standard InChI is InChI=1S/C17H12F2N2O3.Na/c1-2-21-8-11(17(23)24)16(22)10-7-12(18)13(14(19)15(10)21)9-3-5-20-6-4-9;/h3-8H,2H2,1H3,(H,23,24);. The van der Waals surface area contributed by atoms with Crippen molar-refractivity contribution in [2.24, 2.45) is 0 Å². The number of hydrogen-bond donors (Lipinski definition) is 1. The summed E-state index contributed by atoms with van der Waals surface area (Å²) >= 11 is 0. The van der Waals surface area contributed by atoms with Crippen molar-refractivity contribution in [3.63, 3.8) is 0 Å². The van der Waals surface area contributed by atoms with Crippen molar-refractivity contribution in [2.75, 3.05) is 0 Å². The Morgan fingerprint density at radius 2 is 1.92 bits per heavy atom. The number of carboxylic acids is 1. The van der Waals surface area contributed by atoms with Crippen LogP contribution in [0.15, 0.2) is 41.6 Å². The molecule has 3 rings (SSSR count). The molecule has 5 nitrogen and oxygen atoms in total. The zero-order valence-corrected chi connectivity index (χ0v) is 15.6. The molecule has 8 heteroatoms. The summed E-state index contributed by atoms with van der Waals surface area (Å²) in [5.41, 5.74) is -1.57. The van der Waals surface area contributed by atoms with Crippen molar-refractivity contribution in [1.82, 2.24) is 9.55 Å². The van der Waals surface area contributed by atoms with Gasteiger partial charge in [-0.1, -0.05) is 0 Å². The quantitative estimate of drug-likeness (QED) is 0.735. The fraction of sp³-hybridized carbons (Fsp3) is 0.118. The van der Waals surface area contributed by atoms with Crippen LogP contribution in [0.1, 0.15) is 17.3 Å². The van der Waals surface area contributed by atoms with Crippen molar-refractivity contribution in [3.8, 4) is 11.1 Å². The van der Waals surface area contributed by atoms with Crippen LogP contribution in [-0.4, -0.2) is 50.2 Å². The molecular formula is C17H12F2N2NaO3. The SMILES string of the molecule is CCn1cc(C(=O)O)c(=O)c2cc(F)c(-c3ccncc3)c(F)c21.[Na]. The Hall–Kier alpha value is -2.09. The maximum absolute atomic E-state index is 15.0. The number of hydrogen-bond acceptors (Lipinski definition) is 3. The van der Waals surface area contributed by atoms with Crippen LogP contribution in [0.3, 0.4) is 0 Å². The van der Waals surface area contributed by atoms with Gasteiger partial charge >= 0.3 is 5.97 Å². The number of aromatic carboxylic acids is 1. The van der Waals surface area contributed by atoms with Crippen LogP contribution in [0, 0.1) is 11.6 Å². The number of carbonyl (C=O) groups is 1. The summed E-state index contributed by atoms with van der Waals surface area (Å²) in [5.74, 6) is -3.29. The zero-order chi connectivity index (χ0) is 17.4. The molecule has 0 atom stereocenters. The van der Waals surface area contributed by atoms with Crippen LogP contribution in [-0.2, 0) is 6.54 Å². The molecule has 0 unspecified atom stereocenters. The van der Waals surface area contributed by atoms with E-state index in [1.54, 1.807) is 6.92 Å². The first-order chi connectivity index (χ1) is 11.5. The Kier molecular flexibility index (Phi) is 5.72. The number of benzene rings is 1. The van der Waals surface area contributed by atoms with Crippen LogP contribution >= 0.6 is 0 Å². The van der Waals surface area contributed by atoms with E-state index in [-0.39, 0.29) is 58.1 Å². The molecule has 0 fully saturated rings. The van der Waals surface area contributed by atoms with Gasteiger partial charge < -0.3 is 9.67 Å². The first-order valence-corrected chi connectivity index (χ1v) is 7.14. The topological polar surface area (TPSA) is 72.2 Å². The number of fused-ring (bicyclic) bond motifs is 1. The van der Waals surface area contributed by atoms with Gasteiger partial charge in [0.1, 0.15) is 11.4 Å². The largest absolute Gasteiger partial charge is 0.477 e. The van der Waals surface area contributed by atoms with Crippen molar-refractivity contribution >= 4 is 46.4 Å². The van der Waals surface area contributed by atoms with Gasteiger partial charge in [0, 0.05) is 54.7 Å². The van der Waals surface area contributed by atoms with E-state index in [0.29, 0.717) is 0 Å². The number of nitrogens with zero attached hydrogens (tertiary/aromatic N) is 2. The van der Waals surface area contributed by atoms with Gasteiger partial charge in [0.05, 0.1) is 16.5 Å². The van der Waals surface area contributed by atoms with Gasteiger partial charge in [-0.05, 0) is 30.7 Å². The van der Waals surface area contributed by atoms with Gasteiger partial charge in [0.2, 0.25) is 5.43 Å². The third kappa shape index (κ3) is 3.22. The van der Waals surface area contributed by atoms with Gasteiger partial charge in [-0.2, -0.15) is 0 Å². The number of pyridine rings is 2. The van der Waals surface area contributed by atoms with Crippen molar-refractivity contribution in [1.29, 1.82) is 0 Å². The van der Waals surface area contributed by atoms with E-state index in [4.69, 9.17) is 5.11 Å². The Balaban J connectivity index is 0.00000225. The summed E-state index contributed by atoms with van der Waals surface area (Å²) in [4.78, 5) is 27.2. The van der Waals surface area contributed by atoms with E-state index in [2.05, 4.69) is 4.98 Å². The summed E-state index contributed by atoms with van der Waals surface area (Å²) in [5, 5.41) is 8.81. The Morgan fingerprint density at radius 3 is 2.48 bits per heavy atom. The second-order valence-corrected chi connectivity index (χ2v) is 5.14. The van der Waals surface area contributed by atoms with Crippen LogP contribution < -0.4 is 5.43 Å². The number of carboxylic acid groups (broad SMARTS) is 1. The first-order valence-electron chi connectivity index (χ1n) is 7.14. The maximum Gasteiger partial charge on any atom is 0.341 e. The zero-order valence-electron chi connectivity index (χ0n) is 13.6. The molecule has 0 bridgehead atoms. The molecule has 25 heavy (non-hydrogen) atoms. The molecule has 0 saturated carbocycles. The molecule has 0 aliphatic carbocycles. The van der Waals surface area contributed by atoms with E-state index in [1.165, 1.54) is 29.1 Å². The first kappa shape index (κ1) is 19.2. The van der Waals surface area contributed by atoms with Crippen molar-refractivity contribution in [2.45, 2.75) is 13.5 Å². The van der Waals surface area contributed by atoms with Gasteiger partial charge in [-0.25, -0.2) is 13.6 Å². The van der Waals surface area contributed by atoms with Crippen LogP contribution in [0.25, 0.3) is 22.0 Å². The molecule has 2 aromatic heterocycles. The molecule has 0 aliphatic rings. The number of aryl methyl sites for hydroxylation is 1. The predicted octanol–water partition coefficient (Wildman–Crippen LogP) is 2.68. The molecule has 0 spiro atoms. The number of halogens is 2. The van der Waals surface area contributed by atoms with E-state index in [9.17, 15) is 14.0 Å². The smallest absolute Gasteiger partial charge is 0.341 e. The minimum absolute atomic E-state index is 0. The summed E-state index contributed by atoms with van der Waals surface area (Å²) in [6.07, 6.45) is 3.88. The molecule has 2 heterocycles. The van der Waals surface area contributed by atoms with Crippen LogP contribution in [0.2, 0.25) is 0 Å². The van der Waals surface area contributed by atoms with Crippen molar-refractivity contribution < 1.29 is 18.7 Å². The maximum atomic E-state index is 15.0.